The summed E-state index contributed by atoms with van der Waals surface area (Å²) in [6.45, 7) is 7.50. The van der Waals surface area contributed by atoms with Gasteiger partial charge in [0.05, 0.1) is 11.3 Å². The molecule has 0 atom stereocenters. The molecule has 0 N–H and O–H groups in total. The first kappa shape index (κ1) is 23.9. The predicted octanol–water partition coefficient (Wildman–Crippen LogP) is 6.75. The van der Waals surface area contributed by atoms with Crippen LogP contribution in [0.2, 0.25) is 31.0 Å². The van der Waals surface area contributed by atoms with E-state index in [-0.39, 0.29) is 12.0 Å². The number of ether oxygens (including phenoxy) is 1. The smallest absolute Gasteiger partial charge is 0.361 e. The summed E-state index contributed by atoms with van der Waals surface area (Å²) in [6.07, 6.45) is -2.88. The van der Waals surface area contributed by atoms with Gasteiger partial charge in [0, 0.05) is 26.4 Å². The molecule has 31 heavy (non-hydrogen) atoms. The van der Waals surface area contributed by atoms with E-state index >= 15 is 0 Å². The number of halogens is 5. The van der Waals surface area contributed by atoms with Crippen LogP contribution in [0, 0.1) is 0 Å². The average Bonchev–Trinajstić information content (AvgIpc) is 3.00. The lowest BCUT2D eigenvalue weighted by Crippen LogP contribution is -2.22. The van der Waals surface area contributed by atoms with Gasteiger partial charge in [-0.25, -0.2) is 15.0 Å². The van der Waals surface area contributed by atoms with Crippen LogP contribution in [-0.4, -0.2) is 34.2 Å². The number of hydrogen-bond acceptors (Lipinski definition) is 4. The number of alkyl halides is 3. The molecule has 3 rings (SSSR count). The van der Waals surface area contributed by atoms with Crippen LogP contribution in [-0.2, 0) is 17.6 Å². The number of rotatable bonds is 7. The van der Waals surface area contributed by atoms with E-state index in [1.54, 1.807) is 10.6 Å². The molecule has 5 nitrogen and oxygen atoms in total. The first-order chi connectivity index (χ1) is 14.5. The van der Waals surface area contributed by atoms with Crippen molar-refractivity contribution in [3.05, 3.63) is 52.0 Å². The van der Waals surface area contributed by atoms with E-state index in [0.717, 1.165) is 18.2 Å². The van der Waals surface area contributed by atoms with Gasteiger partial charge in [-0.15, -0.1) is 0 Å². The van der Waals surface area contributed by atoms with Crippen molar-refractivity contribution < 1.29 is 17.9 Å². The summed E-state index contributed by atoms with van der Waals surface area (Å²) in [7, 11) is -1.28. The first-order valence-corrected chi connectivity index (χ1v) is 14.3. The van der Waals surface area contributed by atoms with E-state index < -0.39 is 19.8 Å². The summed E-state index contributed by atoms with van der Waals surface area (Å²) >= 11 is 9.41. The highest BCUT2D eigenvalue weighted by Gasteiger charge is 2.30. The number of nitrogens with zero attached hydrogens (tertiary/aromatic N) is 4. The Balaban J connectivity index is 2.01. The molecule has 0 saturated heterocycles. The van der Waals surface area contributed by atoms with Gasteiger partial charge in [0.2, 0.25) is 5.28 Å². The quantitative estimate of drug-likeness (QED) is 0.191. The van der Waals surface area contributed by atoms with Gasteiger partial charge in [0.25, 0.3) is 0 Å². The minimum atomic E-state index is -4.41. The molecule has 2 aromatic heterocycles. The molecule has 3 aromatic rings. The second-order valence-corrected chi connectivity index (χ2v) is 14.8. The van der Waals surface area contributed by atoms with Crippen LogP contribution in [0.3, 0.4) is 0 Å². The van der Waals surface area contributed by atoms with Gasteiger partial charge in [0.1, 0.15) is 22.9 Å². The van der Waals surface area contributed by atoms with Crippen LogP contribution in [0.15, 0.2) is 41.1 Å². The van der Waals surface area contributed by atoms with Gasteiger partial charge >= 0.3 is 6.18 Å². The van der Waals surface area contributed by atoms with Crippen molar-refractivity contribution in [3.63, 3.8) is 0 Å². The summed E-state index contributed by atoms with van der Waals surface area (Å²) < 4.78 is 47.0. The van der Waals surface area contributed by atoms with Crippen LogP contribution in [0.5, 0.6) is 0 Å². The monoisotopic (exact) mass is 532 g/mol. The molecule has 0 saturated carbocycles. The minimum absolute atomic E-state index is 0.0767. The van der Waals surface area contributed by atoms with Crippen LogP contribution in [0.4, 0.5) is 13.2 Å². The van der Waals surface area contributed by atoms with Crippen molar-refractivity contribution in [2.24, 2.45) is 0 Å². The Kier molecular flexibility index (Phi) is 7.24. The molecule has 0 bridgehead atoms. The Labute approximate surface area is 192 Å². The van der Waals surface area contributed by atoms with Crippen LogP contribution in [0.1, 0.15) is 5.56 Å². The molecule has 0 aliphatic carbocycles. The maximum absolute atomic E-state index is 13.0. The fourth-order valence-electron chi connectivity index (χ4n) is 2.82. The highest BCUT2D eigenvalue weighted by atomic mass is 79.9. The van der Waals surface area contributed by atoms with Gasteiger partial charge in [-0.05, 0) is 51.8 Å². The van der Waals surface area contributed by atoms with E-state index in [4.69, 9.17) is 16.3 Å². The zero-order valence-corrected chi connectivity index (χ0v) is 20.5. The molecule has 0 spiro atoms. The Morgan fingerprint density at radius 3 is 2.35 bits per heavy atom. The van der Waals surface area contributed by atoms with Gasteiger partial charge in [-0.3, -0.25) is 4.57 Å². The Morgan fingerprint density at radius 1 is 1.10 bits per heavy atom. The molecule has 0 aliphatic heterocycles. The lowest BCUT2D eigenvalue weighted by Gasteiger charge is -2.17. The molecular weight excluding hydrogens is 513 g/mol. The van der Waals surface area contributed by atoms with Crippen molar-refractivity contribution in [3.8, 4) is 22.8 Å². The number of aromatic nitrogens is 4. The molecule has 166 valence electrons. The Bertz CT molecular complexity index is 1050. The lowest BCUT2D eigenvalue weighted by atomic mass is 10.1. The number of benzene rings is 1. The molecule has 0 amide bonds. The maximum Gasteiger partial charge on any atom is 0.416 e. The molecule has 11 heteroatoms. The van der Waals surface area contributed by atoms with E-state index in [0.29, 0.717) is 34.0 Å². The zero-order chi connectivity index (χ0) is 22.8. The second kappa shape index (κ2) is 9.39. The topological polar surface area (TPSA) is 52.8 Å². The fourth-order valence-corrected chi connectivity index (χ4v) is 4.31. The van der Waals surface area contributed by atoms with Crippen LogP contribution >= 0.6 is 27.5 Å². The SMILES string of the molecule is C[Si](C)(C)CCOCn1c(-c2ccc(C(F)(F)F)cc2)nc(Br)c1-c1ccnc(Cl)n1. The first-order valence-electron chi connectivity index (χ1n) is 9.46. The summed E-state index contributed by atoms with van der Waals surface area (Å²) in [4.78, 5) is 12.7. The van der Waals surface area contributed by atoms with Crippen LogP contribution < -0.4 is 0 Å². The molecule has 0 aliphatic rings. The predicted molar refractivity (Wildman–Crippen MR) is 121 cm³/mol. The third-order valence-corrected chi connectivity index (χ3v) is 6.92. The van der Waals surface area contributed by atoms with Crippen LogP contribution in [0.25, 0.3) is 22.8 Å². The highest BCUT2D eigenvalue weighted by molar-refractivity contribution is 9.10. The molecule has 1 aromatic carbocycles. The maximum atomic E-state index is 13.0. The Morgan fingerprint density at radius 2 is 1.77 bits per heavy atom. The largest absolute Gasteiger partial charge is 0.416 e. The van der Waals surface area contributed by atoms with E-state index in [1.165, 1.54) is 18.3 Å². The molecule has 0 unspecified atom stereocenters. The van der Waals surface area contributed by atoms with Crippen molar-refractivity contribution in [1.29, 1.82) is 0 Å². The summed E-state index contributed by atoms with van der Waals surface area (Å²) in [5.41, 5.74) is 0.926. The standard InChI is InChI=1S/C20H21BrClF3N4OSi/c1-31(2,3)11-10-30-12-29-16(15-8-9-26-19(22)27-15)17(21)28-18(29)13-4-6-14(7-5-13)20(23,24)25/h4-9H,10-12H2,1-3H3. The van der Waals surface area contributed by atoms with Gasteiger partial charge in [-0.2, -0.15) is 13.2 Å². The summed E-state index contributed by atoms with van der Waals surface area (Å²) in [5, 5.41) is 0.0767. The normalized spacial score (nSPS) is 12.4. The lowest BCUT2D eigenvalue weighted by molar-refractivity contribution is -0.137. The van der Waals surface area contributed by atoms with Gasteiger partial charge in [0.15, 0.2) is 0 Å². The van der Waals surface area contributed by atoms with Crippen molar-refractivity contribution >= 4 is 35.6 Å². The third kappa shape index (κ3) is 6.15. The molecule has 0 fully saturated rings. The van der Waals surface area contributed by atoms with Gasteiger partial charge < -0.3 is 4.74 Å². The number of imidazole rings is 1. The third-order valence-electron chi connectivity index (χ3n) is 4.48. The molecule has 0 radical (unpaired) electrons. The van der Waals surface area contributed by atoms with E-state index in [2.05, 4.69) is 50.5 Å². The van der Waals surface area contributed by atoms with Crippen molar-refractivity contribution in [2.45, 2.75) is 38.6 Å². The Hall–Kier alpha value is -1.75. The molecular formula is C20H21BrClF3N4OSi. The average molecular weight is 534 g/mol. The van der Waals surface area contributed by atoms with Crippen molar-refractivity contribution in [1.82, 2.24) is 19.5 Å². The highest BCUT2D eigenvalue weighted by Crippen LogP contribution is 2.35. The number of hydrogen-bond donors (Lipinski definition) is 0. The van der Waals surface area contributed by atoms with E-state index in [9.17, 15) is 13.2 Å². The minimum Gasteiger partial charge on any atom is -0.361 e. The second-order valence-electron chi connectivity index (χ2n) is 8.14. The fraction of sp³-hybridized carbons (Fsp3) is 0.350. The van der Waals surface area contributed by atoms with E-state index in [1.807, 2.05) is 0 Å². The molecule has 2 heterocycles. The van der Waals surface area contributed by atoms with Gasteiger partial charge in [-0.1, -0.05) is 31.8 Å². The summed E-state index contributed by atoms with van der Waals surface area (Å²) in [6, 6.07) is 7.53. The van der Waals surface area contributed by atoms with Crippen molar-refractivity contribution in [2.75, 3.05) is 6.61 Å². The zero-order valence-electron chi connectivity index (χ0n) is 17.2. The summed E-state index contributed by atoms with van der Waals surface area (Å²) in [5.74, 6) is 0.457.